The lowest BCUT2D eigenvalue weighted by atomic mass is 9.98. The molecule has 16 heavy (non-hydrogen) atoms. The number of hydrogen-bond donors (Lipinski definition) is 1. The van der Waals surface area contributed by atoms with Crippen LogP contribution in [0.5, 0.6) is 0 Å². The SMILES string of the molecule is CCC(O)(CC)Cn1ncc2ccccc21. The molecule has 1 aromatic heterocycles. The first-order valence-electron chi connectivity index (χ1n) is 5.81. The maximum absolute atomic E-state index is 10.3. The zero-order valence-electron chi connectivity index (χ0n) is 9.85. The van der Waals surface area contributed by atoms with Gasteiger partial charge in [-0.15, -0.1) is 0 Å². The lowest BCUT2D eigenvalue weighted by Crippen LogP contribution is -2.32. The van der Waals surface area contributed by atoms with Crippen molar-refractivity contribution in [2.45, 2.75) is 38.8 Å². The summed E-state index contributed by atoms with van der Waals surface area (Å²) in [6, 6.07) is 8.07. The number of hydrogen-bond acceptors (Lipinski definition) is 2. The molecule has 0 saturated heterocycles. The molecule has 3 heteroatoms. The summed E-state index contributed by atoms with van der Waals surface area (Å²) in [5.41, 5.74) is 0.442. The van der Waals surface area contributed by atoms with Gasteiger partial charge in [-0.1, -0.05) is 32.0 Å². The number of fused-ring (bicyclic) bond motifs is 1. The lowest BCUT2D eigenvalue weighted by molar-refractivity contribution is 0.0131. The Balaban J connectivity index is 2.34. The van der Waals surface area contributed by atoms with Crippen LogP contribution in [0, 0.1) is 0 Å². The summed E-state index contributed by atoms with van der Waals surface area (Å²) < 4.78 is 1.89. The van der Waals surface area contributed by atoms with Gasteiger partial charge >= 0.3 is 0 Å². The third-order valence-electron chi connectivity index (χ3n) is 3.31. The Morgan fingerprint density at radius 1 is 1.25 bits per heavy atom. The van der Waals surface area contributed by atoms with Crippen LogP contribution in [-0.2, 0) is 6.54 Å². The number of rotatable bonds is 4. The van der Waals surface area contributed by atoms with E-state index in [1.54, 1.807) is 0 Å². The van der Waals surface area contributed by atoms with E-state index in [9.17, 15) is 5.11 Å². The fourth-order valence-corrected chi connectivity index (χ4v) is 1.90. The van der Waals surface area contributed by atoms with Crippen molar-refractivity contribution in [2.75, 3.05) is 0 Å². The van der Waals surface area contributed by atoms with Gasteiger partial charge in [0.05, 0.1) is 23.9 Å². The number of aromatic nitrogens is 2. The van der Waals surface area contributed by atoms with Crippen LogP contribution in [0.4, 0.5) is 0 Å². The van der Waals surface area contributed by atoms with Crippen molar-refractivity contribution in [3.8, 4) is 0 Å². The Hall–Kier alpha value is -1.35. The minimum Gasteiger partial charge on any atom is -0.388 e. The molecule has 3 nitrogen and oxygen atoms in total. The average Bonchev–Trinajstić information content (AvgIpc) is 2.73. The Kier molecular flexibility index (Phi) is 2.97. The number of benzene rings is 1. The zero-order chi connectivity index (χ0) is 11.6. The fourth-order valence-electron chi connectivity index (χ4n) is 1.90. The molecule has 86 valence electrons. The van der Waals surface area contributed by atoms with Gasteiger partial charge in [-0.3, -0.25) is 4.68 Å². The van der Waals surface area contributed by atoms with Crippen molar-refractivity contribution in [1.82, 2.24) is 9.78 Å². The van der Waals surface area contributed by atoms with E-state index in [1.165, 1.54) is 0 Å². The first-order valence-corrected chi connectivity index (χ1v) is 5.81. The number of nitrogens with zero attached hydrogens (tertiary/aromatic N) is 2. The van der Waals surface area contributed by atoms with Crippen molar-refractivity contribution in [2.24, 2.45) is 0 Å². The van der Waals surface area contributed by atoms with Crippen LogP contribution in [0.1, 0.15) is 26.7 Å². The highest BCUT2D eigenvalue weighted by Gasteiger charge is 2.23. The lowest BCUT2D eigenvalue weighted by Gasteiger charge is -2.25. The molecule has 0 unspecified atom stereocenters. The molecule has 1 N–H and O–H groups in total. The molecule has 0 atom stereocenters. The molecule has 0 aliphatic carbocycles. The van der Waals surface area contributed by atoms with Crippen LogP contribution in [0.15, 0.2) is 30.5 Å². The van der Waals surface area contributed by atoms with Crippen LogP contribution in [0.3, 0.4) is 0 Å². The molecule has 0 fully saturated rings. The van der Waals surface area contributed by atoms with E-state index < -0.39 is 5.60 Å². The normalized spacial score (nSPS) is 12.2. The summed E-state index contributed by atoms with van der Waals surface area (Å²) >= 11 is 0. The molecule has 2 aromatic rings. The van der Waals surface area contributed by atoms with Gasteiger partial charge in [-0.05, 0) is 18.9 Å². The van der Waals surface area contributed by atoms with E-state index in [2.05, 4.69) is 5.10 Å². The molecular formula is C13H18N2O. The number of para-hydroxylation sites is 1. The largest absolute Gasteiger partial charge is 0.388 e. The minimum atomic E-state index is -0.644. The maximum atomic E-state index is 10.3. The Labute approximate surface area is 95.7 Å². The van der Waals surface area contributed by atoms with Crippen molar-refractivity contribution in [3.05, 3.63) is 30.5 Å². The van der Waals surface area contributed by atoms with E-state index in [-0.39, 0.29) is 0 Å². The van der Waals surface area contributed by atoms with Gasteiger partial charge in [0.2, 0.25) is 0 Å². The van der Waals surface area contributed by atoms with E-state index in [1.807, 2.05) is 49.0 Å². The highest BCUT2D eigenvalue weighted by molar-refractivity contribution is 5.78. The minimum absolute atomic E-state index is 0.563. The number of aliphatic hydroxyl groups is 1. The molecule has 1 aromatic carbocycles. The second-order valence-corrected chi connectivity index (χ2v) is 4.29. The van der Waals surface area contributed by atoms with Crippen LogP contribution < -0.4 is 0 Å². The maximum Gasteiger partial charge on any atom is 0.0837 e. The first-order chi connectivity index (χ1) is 7.68. The quantitative estimate of drug-likeness (QED) is 0.856. The smallest absolute Gasteiger partial charge is 0.0837 e. The topological polar surface area (TPSA) is 38.0 Å². The molecule has 0 radical (unpaired) electrons. The van der Waals surface area contributed by atoms with Crippen LogP contribution in [-0.4, -0.2) is 20.5 Å². The summed E-state index contributed by atoms with van der Waals surface area (Å²) in [5.74, 6) is 0. The highest BCUT2D eigenvalue weighted by atomic mass is 16.3. The van der Waals surface area contributed by atoms with Crippen molar-refractivity contribution in [1.29, 1.82) is 0 Å². The van der Waals surface area contributed by atoms with Crippen molar-refractivity contribution < 1.29 is 5.11 Å². The van der Waals surface area contributed by atoms with Gasteiger partial charge in [0.1, 0.15) is 0 Å². The Bertz CT molecular complexity index is 471. The van der Waals surface area contributed by atoms with Gasteiger partial charge in [-0.25, -0.2) is 0 Å². The molecular weight excluding hydrogens is 200 g/mol. The van der Waals surface area contributed by atoms with Crippen molar-refractivity contribution >= 4 is 10.9 Å². The van der Waals surface area contributed by atoms with E-state index in [4.69, 9.17) is 0 Å². The second-order valence-electron chi connectivity index (χ2n) is 4.29. The predicted octanol–water partition coefficient (Wildman–Crippen LogP) is 2.59. The van der Waals surface area contributed by atoms with E-state index in [0.29, 0.717) is 6.54 Å². The van der Waals surface area contributed by atoms with Gasteiger partial charge in [0.25, 0.3) is 0 Å². The Morgan fingerprint density at radius 3 is 2.62 bits per heavy atom. The zero-order valence-corrected chi connectivity index (χ0v) is 9.85. The molecule has 0 amide bonds. The van der Waals surface area contributed by atoms with Crippen LogP contribution >= 0.6 is 0 Å². The molecule has 0 aliphatic heterocycles. The van der Waals surface area contributed by atoms with Crippen LogP contribution in [0.2, 0.25) is 0 Å². The first kappa shape index (κ1) is 11.1. The summed E-state index contributed by atoms with van der Waals surface area (Å²) in [6.45, 7) is 4.58. The predicted molar refractivity (Wildman–Crippen MR) is 65.3 cm³/mol. The summed E-state index contributed by atoms with van der Waals surface area (Å²) in [5, 5.41) is 15.8. The molecule has 0 spiro atoms. The van der Waals surface area contributed by atoms with Gasteiger partial charge in [0.15, 0.2) is 0 Å². The fraction of sp³-hybridized carbons (Fsp3) is 0.462. The van der Waals surface area contributed by atoms with E-state index in [0.717, 1.165) is 23.7 Å². The van der Waals surface area contributed by atoms with Gasteiger partial charge < -0.3 is 5.11 Å². The third kappa shape index (κ3) is 1.95. The third-order valence-corrected chi connectivity index (χ3v) is 3.31. The average molecular weight is 218 g/mol. The van der Waals surface area contributed by atoms with Gasteiger partial charge in [-0.2, -0.15) is 5.10 Å². The molecule has 0 bridgehead atoms. The molecule has 0 aliphatic rings. The second kappa shape index (κ2) is 4.26. The highest BCUT2D eigenvalue weighted by Crippen LogP contribution is 2.20. The van der Waals surface area contributed by atoms with E-state index >= 15 is 0 Å². The Morgan fingerprint density at radius 2 is 1.94 bits per heavy atom. The molecule has 2 rings (SSSR count). The van der Waals surface area contributed by atoms with Crippen LogP contribution in [0.25, 0.3) is 10.9 Å². The molecule has 0 saturated carbocycles. The molecule has 1 heterocycles. The summed E-state index contributed by atoms with van der Waals surface area (Å²) in [6.07, 6.45) is 3.34. The van der Waals surface area contributed by atoms with Crippen molar-refractivity contribution in [3.63, 3.8) is 0 Å². The standard InChI is InChI=1S/C13H18N2O/c1-3-13(16,4-2)10-15-12-8-6-5-7-11(12)9-14-15/h5-9,16H,3-4,10H2,1-2H3. The summed E-state index contributed by atoms with van der Waals surface area (Å²) in [4.78, 5) is 0. The monoisotopic (exact) mass is 218 g/mol. The van der Waals surface area contributed by atoms with Gasteiger partial charge in [0, 0.05) is 5.39 Å². The summed E-state index contributed by atoms with van der Waals surface area (Å²) in [7, 11) is 0.